The van der Waals surface area contributed by atoms with Gasteiger partial charge in [-0.1, -0.05) is 0 Å². The van der Waals surface area contributed by atoms with Crippen LogP contribution in [0.3, 0.4) is 0 Å². The first-order valence-corrected chi connectivity index (χ1v) is 9.05. The molecule has 0 N–H and O–H groups in total. The van der Waals surface area contributed by atoms with Crippen molar-refractivity contribution in [3.05, 3.63) is 33.7 Å². The second kappa shape index (κ2) is 7.25. The molecule has 1 aliphatic heterocycles. The lowest BCUT2D eigenvalue weighted by molar-refractivity contribution is -0.148. The molecule has 0 radical (unpaired) electrons. The average molecular weight is 346 g/mol. The standard InChI is InChI=1S/C17H22N4O2S/c1-11-7-16(19-12(2)18-11)21-6-4-5-15(9-21)23-17(22)8-14-10-24-13(3)20-14/h7,10,15H,4-6,8-9H2,1-3H3/t15-/m0/s1. The molecule has 128 valence electrons. The van der Waals surface area contributed by atoms with Gasteiger partial charge in [0.05, 0.1) is 23.7 Å². The number of hydrogen-bond donors (Lipinski definition) is 0. The predicted octanol–water partition coefficient (Wildman–Crippen LogP) is 2.61. The first-order valence-electron chi connectivity index (χ1n) is 8.17. The molecular weight excluding hydrogens is 324 g/mol. The molecule has 1 aliphatic rings. The van der Waals surface area contributed by atoms with Crippen LogP contribution in [0.2, 0.25) is 0 Å². The third-order valence-electron chi connectivity index (χ3n) is 3.94. The number of carbonyl (C=O) groups is 1. The predicted molar refractivity (Wildman–Crippen MR) is 93.4 cm³/mol. The highest BCUT2D eigenvalue weighted by atomic mass is 32.1. The van der Waals surface area contributed by atoms with E-state index in [2.05, 4.69) is 19.9 Å². The number of ether oxygens (including phenoxy) is 1. The summed E-state index contributed by atoms with van der Waals surface area (Å²) >= 11 is 1.55. The van der Waals surface area contributed by atoms with Gasteiger partial charge >= 0.3 is 5.97 Å². The lowest BCUT2D eigenvalue weighted by Crippen LogP contribution is -2.41. The van der Waals surface area contributed by atoms with E-state index >= 15 is 0 Å². The van der Waals surface area contributed by atoms with Crippen molar-refractivity contribution < 1.29 is 9.53 Å². The summed E-state index contributed by atoms with van der Waals surface area (Å²) in [6.07, 6.45) is 2.02. The normalized spacial score (nSPS) is 17.8. The summed E-state index contributed by atoms with van der Waals surface area (Å²) in [6.45, 7) is 7.40. The fraction of sp³-hybridized carbons (Fsp3) is 0.529. The molecule has 0 spiro atoms. The van der Waals surface area contributed by atoms with E-state index < -0.39 is 0 Å². The summed E-state index contributed by atoms with van der Waals surface area (Å²) in [4.78, 5) is 27.5. The number of carbonyl (C=O) groups excluding carboxylic acids is 1. The molecule has 3 heterocycles. The van der Waals surface area contributed by atoms with E-state index in [9.17, 15) is 4.79 Å². The van der Waals surface area contributed by atoms with Crippen molar-refractivity contribution in [3.63, 3.8) is 0 Å². The number of thiazole rings is 1. The Morgan fingerprint density at radius 2 is 2.17 bits per heavy atom. The highest BCUT2D eigenvalue weighted by Gasteiger charge is 2.24. The summed E-state index contributed by atoms with van der Waals surface area (Å²) in [5.41, 5.74) is 1.74. The first kappa shape index (κ1) is 16.8. The number of hydrogen-bond acceptors (Lipinski definition) is 7. The fourth-order valence-electron chi connectivity index (χ4n) is 2.97. The van der Waals surface area contributed by atoms with Gasteiger partial charge in [-0.05, 0) is 33.6 Å². The Morgan fingerprint density at radius 1 is 1.33 bits per heavy atom. The van der Waals surface area contributed by atoms with Crippen LogP contribution in [0.25, 0.3) is 0 Å². The molecule has 0 bridgehead atoms. The third kappa shape index (κ3) is 4.29. The maximum absolute atomic E-state index is 12.1. The molecule has 0 aliphatic carbocycles. The van der Waals surface area contributed by atoms with Crippen molar-refractivity contribution in [3.8, 4) is 0 Å². The highest BCUT2D eigenvalue weighted by molar-refractivity contribution is 7.09. The summed E-state index contributed by atoms with van der Waals surface area (Å²) in [5, 5.41) is 2.88. The van der Waals surface area contributed by atoms with Gasteiger partial charge in [-0.15, -0.1) is 11.3 Å². The largest absolute Gasteiger partial charge is 0.460 e. The van der Waals surface area contributed by atoms with Gasteiger partial charge in [0.25, 0.3) is 0 Å². The zero-order valence-corrected chi connectivity index (χ0v) is 15.1. The van der Waals surface area contributed by atoms with E-state index in [0.29, 0.717) is 6.54 Å². The van der Waals surface area contributed by atoms with Gasteiger partial charge in [-0.25, -0.2) is 15.0 Å². The van der Waals surface area contributed by atoms with Crippen molar-refractivity contribution in [2.24, 2.45) is 0 Å². The van der Waals surface area contributed by atoms with Crippen molar-refractivity contribution in [2.75, 3.05) is 18.0 Å². The van der Waals surface area contributed by atoms with E-state index in [-0.39, 0.29) is 18.5 Å². The van der Waals surface area contributed by atoms with Crippen LogP contribution in [0.4, 0.5) is 5.82 Å². The van der Waals surface area contributed by atoms with Gasteiger partial charge in [0, 0.05) is 23.7 Å². The molecule has 1 saturated heterocycles. The smallest absolute Gasteiger partial charge is 0.312 e. The van der Waals surface area contributed by atoms with Gasteiger partial charge in [0.15, 0.2) is 0 Å². The number of rotatable bonds is 4. The average Bonchev–Trinajstić information content (AvgIpc) is 2.91. The van der Waals surface area contributed by atoms with Crippen molar-refractivity contribution in [2.45, 2.75) is 46.1 Å². The third-order valence-corrected chi connectivity index (χ3v) is 4.77. The Kier molecular flexibility index (Phi) is 5.08. The highest BCUT2D eigenvalue weighted by Crippen LogP contribution is 2.21. The zero-order chi connectivity index (χ0) is 17.1. The lowest BCUT2D eigenvalue weighted by Gasteiger charge is -2.33. The molecule has 7 heteroatoms. The van der Waals surface area contributed by atoms with Crippen LogP contribution in [-0.4, -0.2) is 40.1 Å². The molecule has 1 fully saturated rings. The second-order valence-electron chi connectivity index (χ2n) is 6.15. The Morgan fingerprint density at radius 3 is 2.88 bits per heavy atom. The van der Waals surface area contributed by atoms with Crippen molar-refractivity contribution in [1.29, 1.82) is 0 Å². The van der Waals surface area contributed by atoms with E-state index in [4.69, 9.17) is 4.74 Å². The molecule has 3 rings (SSSR count). The van der Waals surface area contributed by atoms with Crippen LogP contribution in [0.15, 0.2) is 11.4 Å². The van der Waals surface area contributed by atoms with Crippen LogP contribution in [0, 0.1) is 20.8 Å². The topological polar surface area (TPSA) is 68.2 Å². The lowest BCUT2D eigenvalue weighted by atomic mass is 10.1. The summed E-state index contributed by atoms with van der Waals surface area (Å²) in [7, 11) is 0. The Balaban J connectivity index is 1.59. The van der Waals surface area contributed by atoms with Gasteiger partial charge in [-0.2, -0.15) is 0 Å². The number of piperidine rings is 1. The van der Waals surface area contributed by atoms with E-state index in [1.807, 2.05) is 32.2 Å². The van der Waals surface area contributed by atoms with Crippen LogP contribution in [0.1, 0.15) is 35.1 Å². The maximum Gasteiger partial charge on any atom is 0.312 e. The van der Waals surface area contributed by atoms with Gasteiger partial charge in [0.2, 0.25) is 0 Å². The second-order valence-corrected chi connectivity index (χ2v) is 7.21. The minimum Gasteiger partial charge on any atom is -0.460 e. The van der Waals surface area contributed by atoms with Crippen LogP contribution in [0.5, 0.6) is 0 Å². The molecule has 0 unspecified atom stereocenters. The van der Waals surface area contributed by atoms with Crippen molar-refractivity contribution in [1.82, 2.24) is 15.0 Å². The zero-order valence-electron chi connectivity index (χ0n) is 14.3. The molecular formula is C17H22N4O2S. The minimum absolute atomic E-state index is 0.0958. The number of esters is 1. The molecule has 0 amide bonds. The molecule has 6 nitrogen and oxygen atoms in total. The number of aryl methyl sites for hydroxylation is 3. The Hall–Kier alpha value is -2.02. The van der Waals surface area contributed by atoms with Crippen molar-refractivity contribution >= 4 is 23.1 Å². The Bertz CT molecular complexity index is 711. The summed E-state index contributed by atoms with van der Waals surface area (Å²) < 4.78 is 5.66. The monoisotopic (exact) mass is 346 g/mol. The fourth-order valence-corrected chi connectivity index (χ4v) is 3.58. The maximum atomic E-state index is 12.1. The number of anilines is 1. The van der Waals surface area contributed by atoms with Gasteiger partial charge < -0.3 is 9.64 Å². The summed E-state index contributed by atoms with van der Waals surface area (Å²) in [6, 6.07) is 1.98. The van der Waals surface area contributed by atoms with E-state index in [1.165, 1.54) is 0 Å². The van der Waals surface area contributed by atoms with Crippen LogP contribution in [-0.2, 0) is 16.0 Å². The Labute approximate surface area is 145 Å². The molecule has 2 aromatic heterocycles. The van der Waals surface area contributed by atoms with E-state index in [0.717, 1.165) is 47.4 Å². The molecule has 2 aromatic rings. The van der Waals surface area contributed by atoms with Crippen LogP contribution >= 0.6 is 11.3 Å². The number of nitrogens with zero attached hydrogens (tertiary/aromatic N) is 4. The number of aromatic nitrogens is 3. The van der Waals surface area contributed by atoms with Gasteiger partial charge in [0.1, 0.15) is 17.7 Å². The summed E-state index contributed by atoms with van der Waals surface area (Å²) in [5.74, 6) is 1.47. The SMILES string of the molecule is Cc1cc(N2CCC[C@H](OC(=O)Cc3csc(C)n3)C2)nc(C)n1. The molecule has 24 heavy (non-hydrogen) atoms. The quantitative estimate of drug-likeness (QED) is 0.793. The molecule has 1 atom stereocenters. The van der Waals surface area contributed by atoms with E-state index in [1.54, 1.807) is 11.3 Å². The first-order chi connectivity index (χ1) is 11.5. The molecule has 0 aromatic carbocycles. The van der Waals surface area contributed by atoms with Gasteiger partial charge in [-0.3, -0.25) is 4.79 Å². The molecule has 0 saturated carbocycles. The van der Waals surface area contributed by atoms with Crippen LogP contribution < -0.4 is 4.90 Å². The minimum atomic E-state index is -0.206.